The van der Waals surface area contributed by atoms with Gasteiger partial charge < -0.3 is 69.2 Å². The maximum absolute atomic E-state index is 12.3. The van der Waals surface area contributed by atoms with Gasteiger partial charge in [0.25, 0.3) is 5.91 Å². The van der Waals surface area contributed by atoms with Crippen molar-refractivity contribution in [3.05, 3.63) is 40.2 Å². The topological polar surface area (TPSA) is 377 Å². The number of nitrogens with zero attached hydrogens (tertiary/aromatic N) is 2. The number of fused-ring (bicyclic) bond motifs is 1. The number of aromatic amines is 1. The van der Waals surface area contributed by atoms with Gasteiger partial charge in [0.2, 0.25) is 12.4 Å². The molecule has 3 rings (SSSR count). The van der Waals surface area contributed by atoms with Crippen molar-refractivity contribution in [3.63, 3.8) is 0 Å². The number of aromatic nitrogens is 2. The zero-order valence-electron chi connectivity index (χ0n) is 20.3. The number of nitrogen functional groups attached to an aromatic ring is 1. The second kappa shape index (κ2) is 19.5. The van der Waals surface area contributed by atoms with Crippen LogP contribution in [0.1, 0.15) is 23.2 Å². The van der Waals surface area contributed by atoms with E-state index >= 15 is 0 Å². The van der Waals surface area contributed by atoms with Gasteiger partial charge in [0.15, 0.2) is 5.69 Å². The van der Waals surface area contributed by atoms with Crippen molar-refractivity contribution < 1.29 is 56.8 Å². The molecule has 2 aromatic rings. The van der Waals surface area contributed by atoms with E-state index in [0.29, 0.717) is 24.5 Å². The molecular formula is C20H35CaN7O12. The fraction of sp³-hybridized carbons (Fsp3) is 0.300. The standard InChI is InChI=1S/C20H23N7O7.Ca.5H2O.2H/c21-20-25-16-15(18(32)26-20)27(9-28)12(8-23-16)7-22-11-3-1-10(2-4-11)17(31)24-13(19(33)34)5-6-14(29)30;;;;;;;;/h1-4,9,12-13,22H,5-8H2,(H,24,31)(H,29,30)(H,33,34)(H4,21,23,25,26,32);;5*1H2;;/t12?,13-;;;;;;;;/m0......../s1. The van der Waals surface area contributed by atoms with Gasteiger partial charge in [-0.3, -0.25) is 19.2 Å². The van der Waals surface area contributed by atoms with Gasteiger partial charge in [0, 0.05) is 30.8 Å². The second-order valence-corrected chi connectivity index (χ2v) is 7.45. The fourth-order valence-electron chi connectivity index (χ4n) is 3.40. The Labute approximate surface area is 255 Å². The Morgan fingerprint density at radius 2 is 1.73 bits per heavy atom. The summed E-state index contributed by atoms with van der Waals surface area (Å²) in [6, 6.07) is 4.36. The molecule has 18 N–H and O–H groups in total. The Morgan fingerprint density at radius 3 is 2.25 bits per heavy atom. The average Bonchev–Trinajstić information content (AvgIpc) is 2.79. The first-order valence-corrected chi connectivity index (χ1v) is 10.2. The minimum atomic E-state index is -1.33. The Morgan fingerprint density at radius 1 is 1.12 bits per heavy atom. The normalized spacial score (nSPS) is 13.1. The van der Waals surface area contributed by atoms with Crippen LogP contribution < -0.4 is 32.1 Å². The summed E-state index contributed by atoms with van der Waals surface area (Å²) in [6.45, 7) is 0.586. The quantitative estimate of drug-likeness (QED) is 0.0987. The van der Waals surface area contributed by atoms with Gasteiger partial charge in [0.05, 0.1) is 6.04 Å². The first kappa shape index (κ1) is 43.5. The van der Waals surface area contributed by atoms with E-state index in [1.54, 1.807) is 12.1 Å². The summed E-state index contributed by atoms with van der Waals surface area (Å²) in [5.41, 5.74) is 5.74. The van der Waals surface area contributed by atoms with Crippen molar-refractivity contribution in [2.75, 3.05) is 34.4 Å². The summed E-state index contributed by atoms with van der Waals surface area (Å²) in [7, 11) is 0. The summed E-state index contributed by atoms with van der Waals surface area (Å²) in [4.78, 5) is 65.7. The van der Waals surface area contributed by atoms with E-state index in [-0.39, 0.29) is 95.3 Å². The van der Waals surface area contributed by atoms with Crippen LogP contribution in [0.5, 0.6) is 0 Å². The van der Waals surface area contributed by atoms with Crippen LogP contribution in [0, 0.1) is 0 Å². The molecule has 20 heteroatoms. The van der Waals surface area contributed by atoms with Gasteiger partial charge in [-0.25, -0.2) is 4.79 Å². The number of aliphatic carboxylic acids is 2. The van der Waals surface area contributed by atoms with Gasteiger partial charge >= 0.3 is 55.2 Å². The fourth-order valence-corrected chi connectivity index (χ4v) is 3.40. The van der Waals surface area contributed by atoms with Crippen LogP contribution >= 0.6 is 0 Å². The number of benzene rings is 1. The SMILES string of the molecule is Nc1nc(=O)c2c([nH]1)NCC(CNc1ccc(C(=O)N[C@@H](CCC(=O)O)C(=O)O)cc1)N2C=O.O.O.O.O.O.[CaH2]. The first-order valence-electron chi connectivity index (χ1n) is 10.2. The van der Waals surface area contributed by atoms with Crippen molar-refractivity contribution in [2.45, 2.75) is 24.9 Å². The number of hydrogen-bond donors (Lipinski definition) is 7. The van der Waals surface area contributed by atoms with Crippen LogP contribution in [-0.4, -0.2) is 135 Å². The number of hydrogen-bond acceptors (Lipinski definition) is 9. The molecule has 1 aliphatic heterocycles. The Balaban J connectivity index is -0.00000108. The molecule has 40 heavy (non-hydrogen) atoms. The van der Waals surface area contributed by atoms with Crippen molar-refractivity contribution in [3.8, 4) is 0 Å². The second-order valence-electron chi connectivity index (χ2n) is 7.45. The molecule has 0 bridgehead atoms. The number of carboxylic acid groups (broad SMARTS) is 2. The number of carboxylic acids is 2. The van der Waals surface area contributed by atoms with Crippen LogP contribution in [0.3, 0.4) is 0 Å². The average molecular weight is 606 g/mol. The Bertz CT molecular complexity index is 1170. The van der Waals surface area contributed by atoms with Crippen molar-refractivity contribution in [1.82, 2.24) is 15.3 Å². The van der Waals surface area contributed by atoms with Crippen LogP contribution in [0.25, 0.3) is 0 Å². The number of H-pyrrole nitrogens is 1. The third-order valence-corrected chi connectivity index (χ3v) is 5.13. The molecule has 0 radical (unpaired) electrons. The van der Waals surface area contributed by atoms with E-state index in [1.165, 1.54) is 17.0 Å². The zero-order valence-corrected chi connectivity index (χ0v) is 20.3. The molecule has 1 aliphatic rings. The molecule has 0 spiro atoms. The number of anilines is 4. The zero-order chi connectivity index (χ0) is 24.8. The Hall–Kier alpha value is -3.56. The summed E-state index contributed by atoms with van der Waals surface area (Å²) in [6.07, 6.45) is -0.101. The van der Waals surface area contributed by atoms with E-state index in [1.807, 2.05) is 0 Å². The minimum absolute atomic E-state index is 0. The van der Waals surface area contributed by atoms with Crippen molar-refractivity contribution in [2.24, 2.45) is 0 Å². The van der Waals surface area contributed by atoms with E-state index in [9.17, 15) is 29.1 Å². The first-order chi connectivity index (χ1) is 16.2. The summed E-state index contributed by atoms with van der Waals surface area (Å²) in [5, 5.41) is 26.3. The van der Waals surface area contributed by atoms with E-state index in [2.05, 4.69) is 25.9 Å². The molecule has 1 unspecified atom stereocenters. The third-order valence-electron chi connectivity index (χ3n) is 5.13. The van der Waals surface area contributed by atoms with Crippen LogP contribution in [0.15, 0.2) is 29.1 Å². The maximum atomic E-state index is 12.3. The molecule has 0 fully saturated rings. The van der Waals surface area contributed by atoms with Gasteiger partial charge in [-0.2, -0.15) is 4.98 Å². The van der Waals surface area contributed by atoms with Crippen molar-refractivity contribution >= 4 is 85.1 Å². The molecule has 2 atom stereocenters. The molecule has 224 valence electrons. The van der Waals surface area contributed by atoms with E-state index < -0.39 is 41.9 Å². The number of amides is 2. The number of nitrogens with two attached hydrogens (primary N) is 1. The number of carbonyl (C=O) groups is 4. The van der Waals surface area contributed by atoms with Crippen LogP contribution in [0.2, 0.25) is 0 Å². The Kier molecular flexibility index (Phi) is 21.2. The molecular weight excluding hydrogens is 570 g/mol. The number of nitrogens with one attached hydrogen (secondary N) is 4. The molecule has 0 aliphatic carbocycles. The van der Waals surface area contributed by atoms with E-state index in [4.69, 9.17) is 10.8 Å². The van der Waals surface area contributed by atoms with Crippen LogP contribution in [0.4, 0.5) is 23.1 Å². The number of carbonyl (C=O) groups excluding carboxylic acids is 2. The monoisotopic (exact) mass is 605 g/mol. The summed E-state index contributed by atoms with van der Waals surface area (Å²) < 4.78 is 0. The molecule has 19 nitrogen and oxygen atoms in total. The molecule has 1 aromatic heterocycles. The van der Waals surface area contributed by atoms with Crippen LogP contribution in [-0.2, 0) is 14.4 Å². The molecule has 1 aromatic carbocycles. The predicted molar refractivity (Wildman–Crippen MR) is 147 cm³/mol. The third kappa shape index (κ3) is 10.9. The van der Waals surface area contributed by atoms with Gasteiger partial charge in [-0.15, -0.1) is 0 Å². The molecule has 2 amide bonds. The molecule has 2 heterocycles. The van der Waals surface area contributed by atoms with Crippen molar-refractivity contribution in [1.29, 1.82) is 0 Å². The number of rotatable bonds is 10. The molecule has 0 saturated carbocycles. The van der Waals surface area contributed by atoms with Gasteiger partial charge in [-0.05, 0) is 30.7 Å². The van der Waals surface area contributed by atoms with E-state index in [0.717, 1.165) is 0 Å². The summed E-state index contributed by atoms with van der Waals surface area (Å²) in [5.74, 6) is -2.91. The van der Waals surface area contributed by atoms with Gasteiger partial charge in [0.1, 0.15) is 11.9 Å². The predicted octanol–water partition coefficient (Wildman–Crippen LogP) is -5.77. The summed E-state index contributed by atoms with van der Waals surface area (Å²) >= 11 is 0. The molecule has 0 saturated heterocycles. The van der Waals surface area contributed by atoms with Gasteiger partial charge in [-0.1, -0.05) is 0 Å².